The summed E-state index contributed by atoms with van der Waals surface area (Å²) in [6, 6.07) is 6.52. The van der Waals surface area contributed by atoms with Gasteiger partial charge in [0.2, 0.25) is 5.91 Å². The second-order valence-electron chi connectivity index (χ2n) is 5.18. The van der Waals surface area contributed by atoms with Crippen LogP contribution in [0.2, 0.25) is 0 Å². The SMILES string of the molecule is CNC(C)C(=O)Nc1ccc(CC(NC(C)=S)C(=O)OC)cc1. The minimum Gasteiger partial charge on any atom is -0.467 e. The Bertz CT molecular complexity index is 560. The van der Waals surface area contributed by atoms with Crippen molar-refractivity contribution in [2.24, 2.45) is 0 Å². The zero-order valence-electron chi connectivity index (χ0n) is 13.8. The van der Waals surface area contributed by atoms with Crippen molar-refractivity contribution < 1.29 is 14.3 Å². The van der Waals surface area contributed by atoms with Crippen molar-refractivity contribution in [3.05, 3.63) is 29.8 Å². The third kappa shape index (κ3) is 6.33. The van der Waals surface area contributed by atoms with Gasteiger partial charge < -0.3 is 20.7 Å². The summed E-state index contributed by atoms with van der Waals surface area (Å²) in [4.78, 5) is 24.1. The molecule has 3 N–H and O–H groups in total. The molecular weight excluding hydrogens is 314 g/mol. The zero-order valence-corrected chi connectivity index (χ0v) is 14.6. The van der Waals surface area contributed by atoms with E-state index in [-0.39, 0.29) is 17.9 Å². The van der Waals surface area contributed by atoms with Gasteiger partial charge in [0.05, 0.1) is 18.1 Å². The number of hydrogen-bond acceptors (Lipinski definition) is 5. The lowest BCUT2D eigenvalue weighted by Crippen LogP contribution is -2.41. The Morgan fingerprint density at radius 2 is 1.87 bits per heavy atom. The van der Waals surface area contributed by atoms with Crippen LogP contribution in [0.25, 0.3) is 0 Å². The minimum absolute atomic E-state index is 0.106. The Hall–Kier alpha value is -1.99. The molecule has 1 aromatic rings. The molecule has 0 saturated carbocycles. The van der Waals surface area contributed by atoms with Crippen molar-refractivity contribution in [2.75, 3.05) is 19.5 Å². The summed E-state index contributed by atoms with van der Waals surface area (Å²) in [5, 5.41) is 8.61. The number of ether oxygens (including phenoxy) is 1. The van der Waals surface area contributed by atoms with Gasteiger partial charge in [-0.25, -0.2) is 4.79 Å². The van der Waals surface area contributed by atoms with Crippen LogP contribution in [-0.4, -0.2) is 43.1 Å². The lowest BCUT2D eigenvalue weighted by molar-refractivity contribution is -0.142. The molecule has 2 atom stereocenters. The third-order valence-electron chi connectivity index (χ3n) is 3.35. The molecule has 0 aliphatic heterocycles. The Morgan fingerprint density at radius 3 is 2.35 bits per heavy atom. The molecule has 0 radical (unpaired) electrons. The lowest BCUT2D eigenvalue weighted by Gasteiger charge is -2.17. The summed E-state index contributed by atoms with van der Waals surface area (Å²) < 4.78 is 4.78. The molecule has 23 heavy (non-hydrogen) atoms. The van der Waals surface area contributed by atoms with Crippen LogP contribution in [0.5, 0.6) is 0 Å². The Balaban J connectivity index is 2.73. The number of benzene rings is 1. The molecule has 1 rings (SSSR count). The molecule has 0 saturated heterocycles. The van der Waals surface area contributed by atoms with Crippen LogP contribution in [-0.2, 0) is 20.7 Å². The number of carbonyl (C=O) groups is 2. The summed E-state index contributed by atoms with van der Waals surface area (Å²) in [6.45, 7) is 3.50. The fourth-order valence-electron chi connectivity index (χ4n) is 1.92. The summed E-state index contributed by atoms with van der Waals surface area (Å²) >= 11 is 4.99. The number of likely N-dealkylation sites (N-methyl/N-ethyl adjacent to an activating group) is 1. The topological polar surface area (TPSA) is 79.5 Å². The van der Waals surface area contributed by atoms with E-state index in [0.717, 1.165) is 5.56 Å². The van der Waals surface area contributed by atoms with Gasteiger partial charge in [-0.2, -0.15) is 0 Å². The zero-order chi connectivity index (χ0) is 17.4. The number of esters is 1. The molecule has 2 unspecified atom stereocenters. The maximum atomic E-state index is 11.8. The number of carbonyl (C=O) groups excluding carboxylic acids is 2. The summed E-state index contributed by atoms with van der Waals surface area (Å²) in [7, 11) is 3.07. The molecule has 0 bridgehead atoms. The highest BCUT2D eigenvalue weighted by atomic mass is 32.1. The largest absolute Gasteiger partial charge is 0.467 e. The van der Waals surface area contributed by atoms with E-state index in [4.69, 9.17) is 17.0 Å². The van der Waals surface area contributed by atoms with Crippen LogP contribution in [0.4, 0.5) is 5.69 Å². The molecule has 0 aliphatic carbocycles. The van der Waals surface area contributed by atoms with E-state index >= 15 is 0 Å². The van der Waals surface area contributed by atoms with E-state index in [0.29, 0.717) is 17.1 Å². The van der Waals surface area contributed by atoms with Crippen LogP contribution < -0.4 is 16.0 Å². The van der Waals surface area contributed by atoms with E-state index in [1.807, 2.05) is 12.1 Å². The fourth-order valence-corrected chi connectivity index (χ4v) is 2.06. The average molecular weight is 337 g/mol. The van der Waals surface area contributed by atoms with Crippen molar-refractivity contribution in [1.82, 2.24) is 10.6 Å². The highest BCUT2D eigenvalue weighted by Gasteiger charge is 2.19. The number of thiocarbonyl (C=S) groups is 1. The fraction of sp³-hybridized carbons (Fsp3) is 0.438. The van der Waals surface area contributed by atoms with Crippen molar-refractivity contribution in [2.45, 2.75) is 32.4 Å². The highest BCUT2D eigenvalue weighted by Crippen LogP contribution is 2.12. The molecule has 1 aromatic carbocycles. The number of methoxy groups -OCH3 is 1. The number of nitrogens with one attached hydrogen (secondary N) is 3. The van der Waals surface area contributed by atoms with Crippen molar-refractivity contribution >= 4 is 34.8 Å². The van der Waals surface area contributed by atoms with Crippen LogP contribution >= 0.6 is 12.2 Å². The second-order valence-corrected chi connectivity index (χ2v) is 5.79. The van der Waals surface area contributed by atoms with Gasteiger partial charge in [0.25, 0.3) is 0 Å². The smallest absolute Gasteiger partial charge is 0.328 e. The standard InChI is InChI=1S/C16H23N3O3S/c1-10(17-3)15(20)19-13-7-5-12(6-8-13)9-14(16(21)22-4)18-11(2)23/h5-8,10,14,17H,9H2,1-4H3,(H,18,23)(H,19,20). The molecule has 7 heteroatoms. The maximum absolute atomic E-state index is 11.8. The van der Waals surface area contributed by atoms with Crippen LogP contribution in [0.1, 0.15) is 19.4 Å². The number of amides is 1. The predicted molar refractivity (Wildman–Crippen MR) is 94.5 cm³/mol. The molecule has 1 amide bonds. The Kier molecular flexibility index (Phi) is 7.64. The molecule has 0 fully saturated rings. The predicted octanol–water partition coefficient (Wildman–Crippen LogP) is 1.25. The second kappa shape index (κ2) is 9.22. The van der Waals surface area contributed by atoms with E-state index < -0.39 is 6.04 Å². The molecule has 0 heterocycles. The Labute approximate surface area is 142 Å². The number of anilines is 1. The third-order valence-corrected chi connectivity index (χ3v) is 3.47. The first-order valence-corrected chi connectivity index (χ1v) is 7.70. The molecule has 0 aromatic heterocycles. The monoisotopic (exact) mass is 337 g/mol. The van der Waals surface area contributed by atoms with E-state index in [1.54, 1.807) is 33.0 Å². The van der Waals surface area contributed by atoms with Gasteiger partial charge in [-0.3, -0.25) is 4.79 Å². The van der Waals surface area contributed by atoms with E-state index in [1.165, 1.54) is 7.11 Å². The van der Waals surface area contributed by atoms with Crippen molar-refractivity contribution in [3.63, 3.8) is 0 Å². The van der Waals surface area contributed by atoms with Crippen LogP contribution in [0.15, 0.2) is 24.3 Å². The normalized spacial score (nSPS) is 12.9. The lowest BCUT2D eigenvalue weighted by atomic mass is 10.1. The van der Waals surface area contributed by atoms with Crippen molar-refractivity contribution in [1.29, 1.82) is 0 Å². The van der Waals surface area contributed by atoms with E-state index in [9.17, 15) is 9.59 Å². The number of hydrogen-bond donors (Lipinski definition) is 3. The van der Waals surface area contributed by atoms with Gasteiger partial charge >= 0.3 is 5.97 Å². The van der Waals surface area contributed by atoms with Gasteiger partial charge in [0.15, 0.2) is 0 Å². The van der Waals surface area contributed by atoms with E-state index in [2.05, 4.69) is 16.0 Å². The Morgan fingerprint density at radius 1 is 1.26 bits per heavy atom. The molecule has 0 spiro atoms. The van der Waals surface area contributed by atoms with Crippen LogP contribution in [0, 0.1) is 0 Å². The maximum Gasteiger partial charge on any atom is 0.328 e. The molecule has 126 valence electrons. The molecule has 6 nitrogen and oxygen atoms in total. The van der Waals surface area contributed by atoms with Gasteiger partial charge in [-0.1, -0.05) is 24.4 Å². The summed E-state index contributed by atoms with van der Waals surface area (Å²) in [6.07, 6.45) is 0.446. The number of rotatable bonds is 7. The highest BCUT2D eigenvalue weighted by molar-refractivity contribution is 7.80. The first-order valence-electron chi connectivity index (χ1n) is 7.29. The van der Waals surface area contributed by atoms with Gasteiger partial charge in [0.1, 0.15) is 6.04 Å². The first kappa shape index (κ1) is 19.1. The van der Waals surface area contributed by atoms with Gasteiger partial charge in [0, 0.05) is 12.1 Å². The average Bonchev–Trinajstić information content (AvgIpc) is 2.53. The first-order chi connectivity index (χ1) is 10.9. The molecule has 0 aliphatic rings. The van der Waals surface area contributed by atoms with Gasteiger partial charge in [-0.05, 0) is 38.6 Å². The van der Waals surface area contributed by atoms with Crippen LogP contribution in [0.3, 0.4) is 0 Å². The molecular formula is C16H23N3O3S. The van der Waals surface area contributed by atoms with Crippen molar-refractivity contribution in [3.8, 4) is 0 Å². The minimum atomic E-state index is -0.526. The van der Waals surface area contributed by atoms with Gasteiger partial charge in [-0.15, -0.1) is 0 Å². The summed E-state index contributed by atoms with van der Waals surface area (Å²) in [5.41, 5.74) is 1.64. The quantitative estimate of drug-likeness (QED) is 0.513. The summed E-state index contributed by atoms with van der Waals surface area (Å²) in [5.74, 6) is -0.472.